The van der Waals surface area contributed by atoms with Gasteiger partial charge in [-0.1, -0.05) is 13.8 Å². The highest BCUT2D eigenvalue weighted by Crippen LogP contribution is 2.32. The van der Waals surface area contributed by atoms with Crippen molar-refractivity contribution in [3.05, 3.63) is 0 Å². The minimum absolute atomic E-state index is 0.190. The Bertz CT molecular complexity index is 229. The first-order valence-corrected chi connectivity index (χ1v) is 6.58. The highest BCUT2D eigenvalue weighted by atomic mass is 16.5. The van der Waals surface area contributed by atoms with Crippen molar-refractivity contribution in [3.8, 4) is 0 Å². The largest absolute Gasteiger partial charge is 0.391 e. The summed E-state index contributed by atoms with van der Waals surface area (Å²) in [5, 5.41) is 9.54. The van der Waals surface area contributed by atoms with Crippen LogP contribution in [0.3, 0.4) is 0 Å². The molecule has 3 N–H and O–H groups in total. The van der Waals surface area contributed by atoms with Crippen molar-refractivity contribution in [2.75, 3.05) is 13.2 Å². The molecule has 1 rings (SSSR count). The minimum Gasteiger partial charge on any atom is -0.391 e. The van der Waals surface area contributed by atoms with Crippen LogP contribution in [0.25, 0.3) is 0 Å². The summed E-state index contributed by atoms with van der Waals surface area (Å²) >= 11 is 0. The number of aliphatic hydroxyl groups is 1. The molecule has 102 valence electrons. The zero-order chi connectivity index (χ0) is 13.1. The molecule has 17 heavy (non-hydrogen) atoms. The van der Waals surface area contributed by atoms with Crippen LogP contribution in [-0.4, -0.2) is 42.2 Å². The zero-order valence-electron chi connectivity index (χ0n) is 11.5. The first-order chi connectivity index (χ1) is 7.90. The molecule has 0 amide bonds. The molecule has 4 unspecified atom stereocenters. The van der Waals surface area contributed by atoms with Gasteiger partial charge in [0.1, 0.15) is 0 Å². The van der Waals surface area contributed by atoms with Gasteiger partial charge in [0.15, 0.2) is 0 Å². The van der Waals surface area contributed by atoms with E-state index in [0.29, 0.717) is 19.1 Å². The van der Waals surface area contributed by atoms with Crippen molar-refractivity contribution >= 4 is 0 Å². The van der Waals surface area contributed by atoms with Gasteiger partial charge in [0.05, 0.1) is 23.9 Å². The second-order valence-electron chi connectivity index (χ2n) is 5.56. The van der Waals surface area contributed by atoms with Crippen LogP contribution in [0, 0.1) is 5.92 Å². The van der Waals surface area contributed by atoms with Gasteiger partial charge < -0.3 is 20.3 Å². The van der Waals surface area contributed by atoms with Crippen molar-refractivity contribution in [1.29, 1.82) is 0 Å². The summed E-state index contributed by atoms with van der Waals surface area (Å²) in [4.78, 5) is 0. The first kappa shape index (κ1) is 14.9. The van der Waals surface area contributed by atoms with Crippen molar-refractivity contribution in [2.24, 2.45) is 11.7 Å². The van der Waals surface area contributed by atoms with Gasteiger partial charge in [-0.2, -0.15) is 0 Å². The smallest absolute Gasteiger partial charge is 0.0855 e. The number of hydrogen-bond acceptors (Lipinski definition) is 4. The summed E-state index contributed by atoms with van der Waals surface area (Å²) < 4.78 is 11.8. The Morgan fingerprint density at radius 1 is 1.41 bits per heavy atom. The third-order valence-electron chi connectivity index (χ3n) is 3.69. The van der Waals surface area contributed by atoms with E-state index < -0.39 is 6.10 Å². The first-order valence-electron chi connectivity index (χ1n) is 6.58. The van der Waals surface area contributed by atoms with Crippen LogP contribution < -0.4 is 5.73 Å². The summed E-state index contributed by atoms with van der Waals surface area (Å²) in [6.07, 6.45) is 1.17. The second-order valence-corrected chi connectivity index (χ2v) is 5.56. The molecule has 0 aromatic heterocycles. The molecule has 0 aromatic rings. The van der Waals surface area contributed by atoms with E-state index in [1.54, 1.807) is 6.92 Å². The summed E-state index contributed by atoms with van der Waals surface area (Å²) in [7, 11) is 0. The van der Waals surface area contributed by atoms with Crippen LogP contribution in [0.4, 0.5) is 0 Å². The Balaban J connectivity index is 2.67. The molecule has 0 radical (unpaired) electrons. The van der Waals surface area contributed by atoms with Crippen LogP contribution in [0.1, 0.15) is 40.5 Å². The highest BCUT2D eigenvalue weighted by molar-refractivity contribution is 4.90. The SMILES string of the molecule is CC(C)C1CC(CN)(OC(C)C(C)O)CCO1. The number of aliphatic hydroxyl groups excluding tert-OH is 1. The minimum atomic E-state index is -0.473. The number of ether oxygens (including phenoxy) is 2. The van der Waals surface area contributed by atoms with E-state index in [0.717, 1.165) is 12.8 Å². The Morgan fingerprint density at radius 3 is 2.53 bits per heavy atom. The molecule has 4 nitrogen and oxygen atoms in total. The maximum atomic E-state index is 9.54. The molecule has 1 saturated heterocycles. The fourth-order valence-corrected chi connectivity index (χ4v) is 2.19. The number of rotatable bonds is 5. The van der Waals surface area contributed by atoms with E-state index in [1.165, 1.54) is 0 Å². The Morgan fingerprint density at radius 2 is 2.06 bits per heavy atom. The van der Waals surface area contributed by atoms with E-state index >= 15 is 0 Å². The number of hydrogen-bond donors (Lipinski definition) is 2. The quantitative estimate of drug-likeness (QED) is 0.766. The van der Waals surface area contributed by atoms with Crippen LogP contribution in [0.5, 0.6) is 0 Å². The zero-order valence-corrected chi connectivity index (χ0v) is 11.5. The average Bonchev–Trinajstić information content (AvgIpc) is 2.29. The third kappa shape index (κ3) is 3.91. The molecule has 0 saturated carbocycles. The van der Waals surface area contributed by atoms with Crippen molar-refractivity contribution in [3.63, 3.8) is 0 Å². The third-order valence-corrected chi connectivity index (χ3v) is 3.69. The molecular weight excluding hydrogens is 218 g/mol. The fraction of sp³-hybridized carbons (Fsp3) is 1.00. The Kier molecular flexibility index (Phi) is 5.38. The molecular formula is C13H27NO3. The monoisotopic (exact) mass is 245 g/mol. The molecule has 1 aliphatic heterocycles. The average molecular weight is 245 g/mol. The molecule has 0 aromatic carbocycles. The van der Waals surface area contributed by atoms with Crippen molar-refractivity contribution in [2.45, 2.75) is 64.4 Å². The predicted molar refractivity (Wildman–Crippen MR) is 67.8 cm³/mol. The molecule has 0 aliphatic carbocycles. The van der Waals surface area contributed by atoms with Gasteiger partial charge in [-0.05, 0) is 19.8 Å². The van der Waals surface area contributed by atoms with Crippen LogP contribution >= 0.6 is 0 Å². The molecule has 4 heteroatoms. The Hall–Kier alpha value is -0.160. The summed E-state index contributed by atoms with van der Waals surface area (Å²) in [5.74, 6) is 0.465. The molecule has 0 bridgehead atoms. The van der Waals surface area contributed by atoms with E-state index in [-0.39, 0.29) is 17.8 Å². The van der Waals surface area contributed by atoms with Crippen LogP contribution in [0.15, 0.2) is 0 Å². The van der Waals surface area contributed by atoms with E-state index in [4.69, 9.17) is 15.2 Å². The molecule has 1 fully saturated rings. The second kappa shape index (κ2) is 6.14. The van der Waals surface area contributed by atoms with Crippen molar-refractivity contribution in [1.82, 2.24) is 0 Å². The normalized spacial score (nSPS) is 33.7. The maximum Gasteiger partial charge on any atom is 0.0855 e. The molecule has 1 heterocycles. The van der Waals surface area contributed by atoms with Gasteiger partial charge in [-0.3, -0.25) is 0 Å². The number of nitrogens with two attached hydrogens (primary N) is 1. The lowest BCUT2D eigenvalue weighted by Crippen LogP contribution is -2.52. The lowest BCUT2D eigenvalue weighted by molar-refractivity contribution is -0.180. The molecule has 1 aliphatic rings. The summed E-state index contributed by atoms with van der Waals surface area (Å²) in [6.45, 7) is 9.10. The Labute approximate surface area is 104 Å². The topological polar surface area (TPSA) is 64.7 Å². The maximum absolute atomic E-state index is 9.54. The van der Waals surface area contributed by atoms with E-state index in [9.17, 15) is 5.11 Å². The van der Waals surface area contributed by atoms with Gasteiger partial charge in [-0.15, -0.1) is 0 Å². The molecule has 0 spiro atoms. The van der Waals surface area contributed by atoms with Crippen molar-refractivity contribution < 1.29 is 14.6 Å². The standard InChI is InChI=1S/C13H27NO3/c1-9(2)12-7-13(8-14,5-6-16-12)17-11(4)10(3)15/h9-12,15H,5-8,14H2,1-4H3. The summed E-state index contributed by atoms with van der Waals surface area (Å²) in [6, 6.07) is 0. The van der Waals surface area contributed by atoms with E-state index in [1.807, 2.05) is 6.92 Å². The van der Waals surface area contributed by atoms with Gasteiger partial charge in [-0.25, -0.2) is 0 Å². The lowest BCUT2D eigenvalue weighted by atomic mass is 9.85. The van der Waals surface area contributed by atoms with Gasteiger partial charge in [0.2, 0.25) is 0 Å². The summed E-state index contributed by atoms with van der Waals surface area (Å²) in [5.41, 5.74) is 5.56. The van der Waals surface area contributed by atoms with Gasteiger partial charge in [0, 0.05) is 26.0 Å². The fourth-order valence-electron chi connectivity index (χ4n) is 2.19. The van der Waals surface area contributed by atoms with Crippen LogP contribution in [0.2, 0.25) is 0 Å². The van der Waals surface area contributed by atoms with Crippen LogP contribution in [-0.2, 0) is 9.47 Å². The molecule has 4 atom stereocenters. The van der Waals surface area contributed by atoms with Gasteiger partial charge in [0.25, 0.3) is 0 Å². The highest BCUT2D eigenvalue weighted by Gasteiger charge is 2.39. The van der Waals surface area contributed by atoms with E-state index in [2.05, 4.69) is 13.8 Å². The lowest BCUT2D eigenvalue weighted by Gasteiger charge is -2.43. The predicted octanol–water partition coefficient (Wildman–Crippen LogP) is 1.30. The van der Waals surface area contributed by atoms with Gasteiger partial charge >= 0.3 is 0 Å².